The van der Waals surface area contributed by atoms with Crippen molar-refractivity contribution < 1.29 is 14.1 Å². The second kappa shape index (κ2) is 7.82. The van der Waals surface area contributed by atoms with E-state index in [-0.39, 0.29) is 11.4 Å². The highest BCUT2D eigenvalue weighted by Gasteiger charge is 2.15. The van der Waals surface area contributed by atoms with Crippen LogP contribution in [0.2, 0.25) is 0 Å². The minimum absolute atomic E-state index is 0.0321. The number of non-ortho nitro benzene ring substituents is 1. The van der Waals surface area contributed by atoms with E-state index in [1.165, 1.54) is 24.3 Å². The second-order valence-electron chi connectivity index (χ2n) is 7.06. The van der Waals surface area contributed by atoms with Crippen molar-refractivity contribution in [1.29, 1.82) is 0 Å². The Kier molecular flexibility index (Phi) is 5.05. The van der Waals surface area contributed by atoms with Gasteiger partial charge in [0.25, 0.3) is 5.69 Å². The van der Waals surface area contributed by atoms with Crippen molar-refractivity contribution in [3.63, 3.8) is 0 Å². The third-order valence-corrected chi connectivity index (χ3v) is 5.14. The predicted molar refractivity (Wildman–Crippen MR) is 115 cm³/mol. The Morgan fingerprint density at radius 1 is 1.30 bits per heavy atom. The SMILES string of the molecule is CC[C@@H](C)n1cc(/C=N/NC(=O)c2cc3cc([N+](=O)[O-])ccc3o2)c2ccccc21. The molecular weight excluding hydrogens is 384 g/mol. The zero-order chi connectivity index (χ0) is 21.3. The number of carbonyl (C=O) groups excluding carboxylic acids is 1. The van der Waals surface area contributed by atoms with Gasteiger partial charge in [0.1, 0.15) is 5.58 Å². The number of nitrogens with zero attached hydrogens (tertiary/aromatic N) is 3. The summed E-state index contributed by atoms with van der Waals surface area (Å²) >= 11 is 0. The molecule has 8 heteroatoms. The highest BCUT2D eigenvalue weighted by molar-refractivity contribution is 6.01. The number of aromatic nitrogens is 1. The van der Waals surface area contributed by atoms with E-state index in [0.29, 0.717) is 17.0 Å². The Labute approximate surface area is 171 Å². The lowest BCUT2D eigenvalue weighted by molar-refractivity contribution is -0.384. The minimum atomic E-state index is -0.532. The lowest BCUT2D eigenvalue weighted by Gasteiger charge is -2.12. The number of hydrogen-bond acceptors (Lipinski definition) is 5. The molecule has 4 rings (SSSR count). The first-order valence-corrected chi connectivity index (χ1v) is 9.59. The number of nitro groups is 1. The van der Waals surface area contributed by atoms with Crippen LogP contribution >= 0.6 is 0 Å². The fraction of sp³-hybridized carbons (Fsp3) is 0.182. The van der Waals surface area contributed by atoms with Crippen LogP contribution in [0.15, 0.2) is 64.2 Å². The Bertz CT molecular complexity index is 1290. The van der Waals surface area contributed by atoms with Crippen LogP contribution in [0.25, 0.3) is 21.9 Å². The first-order chi connectivity index (χ1) is 14.5. The molecule has 2 aromatic carbocycles. The van der Waals surface area contributed by atoms with E-state index >= 15 is 0 Å². The van der Waals surface area contributed by atoms with Crippen LogP contribution in [-0.2, 0) is 0 Å². The molecule has 2 aromatic heterocycles. The Hall–Kier alpha value is -3.94. The van der Waals surface area contributed by atoms with Crippen LogP contribution in [0.5, 0.6) is 0 Å². The summed E-state index contributed by atoms with van der Waals surface area (Å²) in [4.78, 5) is 22.8. The van der Waals surface area contributed by atoms with Crippen molar-refractivity contribution in [3.05, 3.63) is 76.2 Å². The summed E-state index contributed by atoms with van der Waals surface area (Å²) in [5, 5.41) is 16.5. The number of hydrogen-bond donors (Lipinski definition) is 1. The van der Waals surface area contributed by atoms with Gasteiger partial charge in [-0.1, -0.05) is 25.1 Å². The predicted octanol–water partition coefficient (Wildman–Crippen LogP) is 5.03. The summed E-state index contributed by atoms with van der Waals surface area (Å²) in [7, 11) is 0. The van der Waals surface area contributed by atoms with Crippen molar-refractivity contribution in [2.45, 2.75) is 26.3 Å². The molecule has 0 saturated carbocycles. The highest BCUT2D eigenvalue weighted by atomic mass is 16.6. The number of benzene rings is 2. The number of carbonyl (C=O) groups is 1. The molecule has 2 heterocycles. The van der Waals surface area contributed by atoms with Gasteiger partial charge in [0.15, 0.2) is 5.76 Å². The maximum Gasteiger partial charge on any atom is 0.307 e. The number of nitrogens with one attached hydrogen (secondary N) is 1. The zero-order valence-corrected chi connectivity index (χ0v) is 16.5. The summed E-state index contributed by atoms with van der Waals surface area (Å²) < 4.78 is 7.67. The van der Waals surface area contributed by atoms with Gasteiger partial charge in [-0.2, -0.15) is 5.10 Å². The van der Waals surface area contributed by atoms with Crippen LogP contribution in [-0.4, -0.2) is 21.6 Å². The van der Waals surface area contributed by atoms with Crippen molar-refractivity contribution in [3.8, 4) is 0 Å². The summed E-state index contributed by atoms with van der Waals surface area (Å²) in [5.74, 6) is -0.500. The van der Waals surface area contributed by atoms with Gasteiger partial charge in [-0.15, -0.1) is 0 Å². The van der Waals surface area contributed by atoms with Gasteiger partial charge in [0.2, 0.25) is 0 Å². The van der Waals surface area contributed by atoms with E-state index in [1.807, 2.05) is 24.4 Å². The van der Waals surface area contributed by atoms with Crippen LogP contribution in [0.3, 0.4) is 0 Å². The Balaban J connectivity index is 1.55. The molecule has 0 spiro atoms. The number of rotatable bonds is 6. The molecule has 4 aromatic rings. The van der Waals surface area contributed by atoms with Crippen LogP contribution < -0.4 is 5.43 Å². The van der Waals surface area contributed by atoms with Crippen LogP contribution in [0.4, 0.5) is 5.69 Å². The standard InChI is InChI=1S/C22H20N4O4/c1-3-14(2)25-13-16(18-6-4-5-7-19(18)25)12-23-24-22(27)21-11-15-10-17(26(28)29)8-9-20(15)30-21/h4-14H,3H2,1-2H3,(H,24,27)/b23-12+/t14-/m1/s1. The van der Waals surface area contributed by atoms with Crippen LogP contribution in [0.1, 0.15) is 42.4 Å². The monoisotopic (exact) mass is 404 g/mol. The maximum absolute atomic E-state index is 12.4. The molecule has 0 aliphatic rings. The van der Waals surface area contributed by atoms with Gasteiger partial charge in [-0.25, -0.2) is 5.43 Å². The molecule has 0 radical (unpaired) electrons. The fourth-order valence-electron chi connectivity index (χ4n) is 3.37. The van der Waals surface area contributed by atoms with Crippen LogP contribution in [0, 0.1) is 10.1 Å². The highest BCUT2D eigenvalue weighted by Crippen LogP contribution is 2.26. The Morgan fingerprint density at radius 2 is 2.10 bits per heavy atom. The third kappa shape index (κ3) is 3.55. The largest absolute Gasteiger partial charge is 0.451 e. The van der Waals surface area contributed by atoms with Crippen molar-refractivity contribution in [2.75, 3.05) is 0 Å². The molecule has 1 amide bonds. The van der Waals surface area contributed by atoms with Crippen molar-refractivity contribution in [2.24, 2.45) is 5.10 Å². The fourth-order valence-corrected chi connectivity index (χ4v) is 3.37. The molecule has 152 valence electrons. The molecule has 0 fully saturated rings. The summed E-state index contributed by atoms with van der Waals surface area (Å²) in [5.41, 5.74) is 4.79. The van der Waals surface area contributed by atoms with Gasteiger partial charge < -0.3 is 8.98 Å². The Morgan fingerprint density at radius 3 is 2.87 bits per heavy atom. The molecule has 0 bridgehead atoms. The number of furan rings is 1. The first-order valence-electron chi connectivity index (χ1n) is 9.59. The van der Waals surface area contributed by atoms with Gasteiger partial charge >= 0.3 is 5.91 Å². The smallest absolute Gasteiger partial charge is 0.307 e. The lowest BCUT2D eigenvalue weighted by atomic mass is 10.2. The second-order valence-corrected chi connectivity index (χ2v) is 7.06. The van der Waals surface area contributed by atoms with Crippen molar-refractivity contribution in [1.82, 2.24) is 9.99 Å². The molecule has 0 aliphatic carbocycles. The topological polar surface area (TPSA) is 103 Å². The first kappa shape index (κ1) is 19.4. The molecule has 0 unspecified atom stereocenters. The van der Waals surface area contributed by atoms with E-state index in [4.69, 9.17) is 4.42 Å². The van der Waals surface area contributed by atoms with Gasteiger partial charge in [-0.3, -0.25) is 14.9 Å². The quantitative estimate of drug-likeness (QED) is 0.276. The molecule has 8 nitrogen and oxygen atoms in total. The summed E-state index contributed by atoms with van der Waals surface area (Å²) in [6.45, 7) is 4.29. The molecule has 30 heavy (non-hydrogen) atoms. The van der Waals surface area contributed by atoms with E-state index in [9.17, 15) is 14.9 Å². The summed E-state index contributed by atoms with van der Waals surface area (Å²) in [6, 6.07) is 14.0. The molecule has 0 saturated heterocycles. The van der Waals surface area contributed by atoms with E-state index in [2.05, 4.69) is 35.0 Å². The van der Waals surface area contributed by atoms with Gasteiger partial charge in [0.05, 0.1) is 11.1 Å². The van der Waals surface area contributed by atoms with E-state index < -0.39 is 10.8 Å². The molecular formula is C22H20N4O4. The zero-order valence-electron chi connectivity index (χ0n) is 16.5. The number of amides is 1. The minimum Gasteiger partial charge on any atom is -0.451 e. The molecule has 0 aliphatic heterocycles. The number of nitro benzene ring substituents is 1. The van der Waals surface area contributed by atoms with Crippen molar-refractivity contribution >= 4 is 39.7 Å². The number of fused-ring (bicyclic) bond motifs is 2. The van der Waals surface area contributed by atoms with E-state index in [0.717, 1.165) is 22.9 Å². The number of para-hydroxylation sites is 1. The average Bonchev–Trinajstić information content (AvgIpc) is 3.34. The maximum atomic E-state index is 12.4. The molecule has 1 atom stereocenters. The third-order valence-electron chi connectivity index (χ3n) is 5.14. The lowest BCUT2D eigenvalue weighted by Crippen LogP contribution is -2.16. The normalized spacial score (nSPS) is 12.6. The van der Waals surface area contributed by atoms with E-state index in [1.54, 1.807) is 6.21 Å². The summed E-state index contributed by atoms with van der Waals surface area (Å²) in [6.07, 6.45) is 4.62. The molecule has 1 N–H and O–H groups in total. The number of hydrazone groups is 1. The van der Waals surface area contributed by atoms with Gasteiger partial charge in [0, 0.05) is 46.2 Å². The van der Waals surface area contributed by atoms with Gasteiger partial charge in [-0.05, 0) is 31.5 Å². The average molecular weight is 404 g/mol.